The van der Waals surface area contributed by atoms with Gasteiger partial charge in [-0.05, 0) is 37.6 Å². The molecule has 0 aromatic heterocycles. The molecule has 1 heteroatoms. The molecule has 0 bridgehead atoms. The second kappa shape index (κ2) is 7.05. The maximum atomic E-state index is 3.81. The van der Waals surface area contributed by atoms with Crippen molar-refractivity contribution in [2.75, 3.05) is 6.54 Å². The van der Waals surface area contributed by atoms with Gasteiger partial charge in [0.05, 0.1) is 0 Å². The maximum Gasteiger partial charge on any atom is 0.0102 e. The van der Waals surface area contributed by atoms with Gasteiger partial charge in [0.1, 0.15) is 0 Å². The fraction of sp³-hybridized carbons (Fsp3) is 0.846. The Balaban J connectivity index is 3.77. The zero-order chi connectivity index (χ0) is 11.0. The smallest absolute Gasteiger partial charge is 0.0102 e. The molecule has 0 aliphatic rings. The van der Waals surface area contributed by atoms with Crippen LogP contribution < -0.4 is 5.32 Å². The maximum absolute atomic E-state index is 3.81. The van der Waals surface area contributed by atoms with E-state index in [2.05, 4.69) is 39.6 Å². The predicted octanol–water partition coefficient (Wildman–Crippen LogP) is 3.76. The molecule has 0 aliphatic heterocycles. The molecule has 14 heavy (non-hydrogen) atoms. The second-order valence-electron chi connectivity index (χ2n) is 5.27. The summed E-state index contributed by atoms with van der Waals surface area (Å²) >= 11 is 0. The molecule has 0 radical (unpaired) electrons. The number of rotatable bonds is 7. The summed E-state index contributed by atoms with van der Waals surface area (Å²) in [4.78, 5) is 0. The Hall–Kier alpha value is -0.300. The van der Waals surface area contributed by atoms with Crippen molar-refractivity contribution in [3.8, 4) is 0 Å². The Bertz CT molecular complexity index is 144. The molecule has 0 aromatic rings. The van der Waals surface area contributed by atoms with Gasteiger partial charge in [0.2, 0.25) is 0 Å². The van der Waals surface area contributed by atoms with E-state index < -0.39 is 0 Å². The summed E-state index contributed by atoms with van der Waals surface area (Å²) in [6.45, 7) is 14.1. The number of hydrogen-bond acceptors (Lipinski definition) is 1. The zero-order valence-electron chi connectivity index (χ0n) is 10.4. The molecule has 1 atom stereocenters. The van der Waals surface area contributed by atoms with Crippen molar-refractivity contribution in [1.29, 1.82) is 0 Å². The third kappa shape index (κ3) is 8.31. The average Bonchev–Trinajstić information content (AvgIpc) is 2.08. The van der Waals surface area contributed by atoms with E-state index in [1.165, 1.54) is 19.3 Å². The van der Waals surface area contributed by atoms with Gasteiger partial charge in [0.25, 0.3) is 0 Å². The minimum atomic E-state index is 0.452. The molecule has 1 nitrogen and oxygen atoms in total. The van der Waals surface area contributed by atoms with Crippen LogP contribution in [0, 0.1) is 5.41 Å². The van der Waals surface area contributed by atoms with Gasteiger partial charge >= 0.3 is 0 Å². The fourth-order valence-corrected chi connectivity index (χ4v) is 1.46. The van der Waals surface area contributed by atoms with Crippen molar-refractivity contribution in [1.82, 2.24) is 5.32 Å². The van der Waals surface area contributed by atoms with Gasteiger partial charge in [-0.2, -0.15) is 0 Å². The van der Waals surface area contributed by atoms with Gasteiger partial charge in [-0.15, -0.1) is 6.58 Å². The minimum Gasteiger partial charge on any atom is -0.314 e. The molecule has 0 saturated carbocycles. The first kappa shape index (κ1) is 13.7. The molecule has 0 aliphatic carbocycles. The summed E-state index contributed by atoms with van der Waals surface area (Å²) in [5.74, 6) is 0. The lowest BCUT2D eigenvalue weighted by Crippen LogP contribution is -2.30. The summed E-state index contributed by atoms with van der Waals surface area (Å²) in [7, 11) is 0. The van der Waals surface area contributed by atoms with Crippen LogP contribution in [0.3, 0.4) is 0 Å². The Morgan fingerprint density at radius 1 is 1.36 bits per heavy atom. The molecular weight excluding hydrogens is 170 g/mol. The minimum absolute atomic E-state index is 0.452. The van der Waals surface area contributed by atoms with Gasteiger partial charge in [-0.25, -0.2) is 0 Å². The lowest BCUT2D eigenvalue weighted by molar-refractivity contribution is 0.330. The van der Waals surface area contributed by atoms with Crippen LogP contribution in [-0.4, -0.2) is 12.6 Å². The quantitative estimate of drug-likeness (QED) is 0.613. The second-order valence-corrected chi connectivity index (χ2v) is 5.27. The Kier molecular flexibility index (Phi) is 6.90. The first-order valence-electron chi connectivity index (χ1n) is 5.84. The van der Waals surface area contributed by atoms with Crippen LogP contribution in [0.15, 0.2) is 12.7 Å². The molecule has 0 saturated heterocycles. The largest absolute Gasteiger partial charge is 0.314 e. The predicted molar refractivity (Wildman–Crippen MR) is 65.6 cm³/mol. The summed E-state index contributed by atoms with van der Waals surface area (Å²) in [6.07, 6.45) is 6.87. The van der Waals surface area contributed by atoms with Crippen LogP contribution in [0.2, 0.25) is 0 Å². The third-order valence-electron chi connectivity index (χ3n) is 2.38. The van der Waals surface area contributed by atoms with Gasteiger partial charge in [-0.1, -0.05) is 33.8 Å². The van der Waals surface area contributed by atoms with Crippen molar-refractivity contribution in [2.45, 2.75) is 59.4 Å². The first-order valence-corrected chi connectivity index (χ1v) is 5.84. The van der Waals surface area contributed by atoms with E-state index in [0.717, 1.165) is 13.0 Å². The van der Waals surface area contributed by atoms with Crippen molar-refractivity contribution in [2.24, 2.45) is 5.41 Å². The summed E-state index contributed by atoms with van der Waals surface area (Å²) in [6, 6.07) is 0.631. The monoisotopic (exact) mass is 197 g/mol. The number of nitrogens with one attached hydrogen (secondary N) is 1. The average molecular weight is 197 g/mol. The van der Waals surface area contributed by atoms with E-state index in [1.807, 2.05) is 6.08 Å². The highest BCUT2D eigenvalue weighted by atomic mass is 14.9. The third-order valence-corrected chi connectivity index (χ3v) is 2.38. The highest BCUT2D eigenvalue weighted by Crippen LogP contribution is 2.22. The summed E-state index contributed by atoms with van der Waals surface area (Å²) in [5, 5.41) is 3.57. The molecule has 0 rings (SSSR count). The Morgan fingerprint density at radius 3 is 2.43 bits per heavy atom. The van der Waals surface area contributed by atoms with Crippen LogP contribution in [0.25, 0.3) is 0 Å². The molecule has 0 amide bonds. The van der Waals surface area contributed by atoms with E-state index in [-0.39, 0.29) is 0 Å². The topological polar surface area (TPSA) is 12.0 Å². The first-order chi connectivity index (χ1) is 6.49. The van der Waals surface area contributed by atoms with E-state index in [9.17, 15) is 0 Å². The molecular formula is C13H27N. The molecule has 1 unspecified atom stereocenters. The van der Waals surface area contributed by atoms with Crippen molar-refractivity contribution < 1.29 is 0 Å². The van der Waals surface area contributed by atoms with Gasteiger partial charge < -0.3 is 5.32 Å². The van der Waals surface area contributed by atoms with Gasteiger partial charge in [0.15, 0.2) is 0 Å². The number of hydrogen-bond donors (Lipinski definition) is 1. The normalized spacial score (nSPS) is 14.0. The van der Waals surface area contributed by atoms with E-state index in [4.69, 9.17) is 0 Å². The van der Waals surface area contributed by atoms with Crippen LogP contribution in [0.1, 0.15) is 53.4 Å². The van der Waals surface area contributed by atoms with Gasteiger partial charge in [-0.3, -0.25) is 0 Å². The SMILES string of the molecule is C=CCC(CCC(C)(C)C)NCCC. The van der Waals surface area contributed by atoms with E-state index >= 15 is 0 Å². The molecule has 84 valence electrons. The van der Waals surface area contributed by atoms with Crippen LogP contribution >= 0.6 is 0 Å². The summed E-state index contributed by atoms with van der Waals surface area (Å²) < 4.78 is 0. The van der Waals surface area contributed by atoms with Crippen molar-refractivity contribution in [3.05, 3.63) is 12.7 Å². The van der Waals surface area contributed by atoms with Crippen LogP contribution in [0.4, 0.5) is 0 Å². The van der Waals surface area contributed by atoms with E-state index in [0.29, 0.717) is 11.5 Å². The summed E-state index contributed by atoms with van der Waals surface area (Å²) in [5.41, 5.74) is 0.452. The highest BCUT2D eigenvalue weighted by Gasteiger charge is 2.13. The zero-order valence-corrected chi connectivity index (χ0v) is 10.4. The molecule has 0 fully saturated rings. The van der Waals surface area contributed by atoms with Crippen molar-refractivity contribution >= 4 is 0 Å². The molecule has 0 heterocycles. The highest BCUT2D eigenvalue weighted by molar-refractivity contribution is 4.79. The van der Waals surface area contributed by atoms with E-state index in [1.54, 1.807) is 0 Å². The lowest BCUT2D eigenvalue weighted by atomic mass is 9.88. The fourth-order valence-electron chi connectivity index (χ4n) is 1.46. The Labute approximate surface area is 90.0 Å². The standard InChI is InChI=1S/C13H27N/c1-6-8-12(14-11-7-2)9-10-13(3,4)5/h6,12,14H,1,7-11H2,2-5H3. The lowest BCUT2D eigenvalue weighted by Gasteiger charge is -2.23. The van der Waals surface area contributed by atoms with Crippen LogP contribution in [0.5, 0.6) is 0 Å². The Morgan fingerprint density at radius 2 is 2.00 bits per heavy atom. The molecule has 0 spiro atoms. The van der Waals surface area contributed by atoms with Crippen molar-refractivity contribution in [3.63, 3.8) is 0 Å². The molecule has 1 N–H and O–H groups in total. The van der Waals surface area contributed by atoms with Crippen LogP contribution in [-0.2, 0) is 0 Å². The van der Waals surface area contributed by atoms with Gasteiger partial charge in [0, 0.05) is 6.04 Å². The molecule has 0 aromatic carbocycles.